The maximum absolute atomic E-state index is 14.2. The number of Topliss-reactive ketones (excluding diaryl/α,β-unsaturated/α-hetero) is 2. The Balaban J connectivity index is 2.05. The molecule has 0 spiro atoms. The predicted octanol–water partition coefficient (Wildman–Crippen LogP) is 3.00. The number of aromatic amines is 1. The highest BCUT2D eigenvalue weighted by molar-refractivity contribution is 9.11. The number of H-pyrrole nitrogens is 1. The van der Waals surface area contributed by atoms with Gasteiger partial charge in [-0.3, -0.25) is 23.9 Å². The Bertz CT molecular complexity index is 1480. The molecule has 1 aliphatic rings. The summed E-state index contributed by atoms with van der Waals surface area (Å²) >= 11 is 15.0. The lowest BCUT2D eigenvalue weighted by molar-refractivity contribution is -0.0995. The Hall–Kier alpha value is -2.86. The molecule has 0 unspecified atom stereocenters. The molecule has 0 bridgehead atoms. The Kier molecular flexibility index (Phi) is 7.98. The molecule has 12 heteroatoms. The molecule has 0 saturated carbocycles. The van der Waals surface area contributed by atoms with E-state index in [0.29, 0.717) is 10.0 Å². The lowest BCUT2D eigenvalue weighted by atomic mass is 9.80. The third kappa shape index (κ3) is 4.88. The molecular formula is C25H19BrCl2N2O7. The Labute approximate surface area is 228 Å². The summed E-state index contributed by atoms with van der Waals surface area (Å²) in [6, 6.07) is 11.3. The van der Waals surface area contributed by atoms with E-state index in [1.54, 1.807) is 0 Å². The summed E-state index contributed by atoms with van der Waals surface area (Å²) in [7, 11) is 0. The van der Waals surface area contributed by atoms with E-state index in [2.05, 4.69) is 20.9 Å². The Morgan fingerprint density at radius 3 is 2.16 bits per heavy atom. The monoisotopic (exact) mass is 608 g/mol. The Morgan fingerprint density at radius 1 is 1.05 bits per heavy atom. The molecule has 0 radical (unpaired) electrons. The number of aromatic nitrogens is 2. The third-order valence-electron chi connectivity index (χ3n) is 6.07. The number of hydrogen-bond donors (Lipinski definition) is 3. The van der Waals surface area contributed by atoms with E-state index in [4.69, 9.17) is 27.9 Å². The smallest absolute Gasteiger partial charge is 0.331 e. The van der Waals surface area contributed by atoms with E-state index in [1.807, 2.05) is 0 Å². The number of hydrogen-bond acceptors (Lipinski definition) is 7. The van der Waals surface area contributed by atoms with Crippen LogP contribution in [-0.4, -0.2) is 50.1 Å². The fourth-order valence-electron chi connectivity index (χ4n) is 4.33. The molecule has 37 heavy (non-hydrogen) atoms. The van der Waals surface area contributed by atoms with E-state index in [0.717, 1.165) is 10.8 Å². The van der Waals surface area contributed by atoms with Gasteiger partial charge in [0.25, 0.3) is 5.56 Å². The van der Waals surface area contributed by atoms with Crippen molar-refractivity contribution in [2.24, 2.45) is 5.92 Å². The van der Waals surface area contributed by atoms with Gasteiger partial charge in [-0.2, -0.15) is 0 Å². The van der Waals surface area contributed by atoms with Gasteiger partial charge in [0, 0.05) is 27.4 Å². The molecule has 1 aromatic heterocycles. The van der Waals surface area contributed by atoms with Gasteiger partial charge in [-0.05, 0) is 59.6 Å². The van der Waals surface area contributed by atoms with Gasteiger partial charge in [-0.25, -0.2) is 4.79 Å². The zero-order valence-corrected chi connectivity index (χ0v) is 21.9. The predicted molar refractivity (Wildman–Crippen MR) is 140 cm³/mol. The van der Waals surface area contributed by atoms with E-state index >= 15 is 0 Å². The number of ether oxygens (including phenoxy) is 1. The van der Waals surface area contributed by atoms with Crippen molar-refractivity contribution in [3.05, 3.63) is 107 Å². The highest BCUT2D eigenvalue weighted by Gasteiger charge is 2.63. The SMILES string of the molecule is O=C(c1ccc(Cl)cc1)[C@@H]1[C@H](O)[C@@H](CO)O[C@@]1(C(=O)c1ccc(Cl)cc1)n1cc(C=CBr)c(=O)[nH]c1=O. The van der Waals surface area contributed by atoms with Crippen molar-refractivity contribution in [3.8, 4) is 0 Å². The maximum atomic E-state index is 14.2. The summed E-state index contributed by atoms with van der Waals surface area (Å²) in [6.07, 6.45) is -0.758. The molecule has 0 aliphatic carbocycles. The third-order valence-corrected chi connectivity index (χ3v) is 6.84. The summed E-state index contributed by atoms with van der Waals surface area (Å²) in [5.41, 5.74) is -4.31. The number of carbonyl (C=O) groups excluding carboxylic acids is 2. The minimum atomic E-state index is -2.49. The van der Waals surface area contributed by atoms with Gasteiger partial charge in [0.05, 0.1) is 18.3 Å². The van der Waals surface area contributed by atoms with Crippen molar-refractivity contribution in [1.29, 1.82) is 0 Å². The molecule has 3 N–H and O–H groups in total. The molecule has 1 saturated heterocycles. The number of ketones is 2. The topological polar surface area (TPSA) is 139 Å². The molecule has 9 nitrogen and oxygen atoms in total. The lowest BCUT2D eigenvalue weighted by Crippen LogP contribution is -2.56. The van der Waals surface area contributed by atoms with Crippen LogP contribution < -0.4 is 11.2 Å². The van der Waals surface area contributed by atoms with Crippen LogP contribution in [0.2, 0.25) is 10.0 Å². The molecule has 2 aromatic carbocycles. The highest BCUT2D eigenvalue weighted by Crippen LogP contribution is 2.44. The Morgan fingerprint density at radius 2 is 1.62 bits per heavy atom. The van der Waals surface area contributed by atoms with Crippen molar-refractivity contribution < 1.29 is 24.5 Å². The standard InChI is InChI=1S/C25H19BrCl2N2O7/c26-10-9-15-11-30(24(36)29-23(15)35)25(22(34)14-3-7-17(28)8-4-14)19(21(33)18(12-31)37-25)20(32)13-1-5-16(27)6-2-13/h1-11,18-19,21,31,33H,12H2,(H,29,35,36)/t18-,19-,21-,25+/m1/s1. The lowest BCUT2D eigenvalue weighted by Gasteiger charge is -2.34. The second kappa shape index (κ2) is 10.9. The summed E-state index contributed by atoms with van der Waals surface area (Å²) < 4.78 is 6.72. The maximum Gasteiger partial charge on any atom is 0.331 e. The zero-order valence-electron chi connectivity index (χ0n) is 18.8. The first-order valence-corrected chi connectivity index (χ1v) is 12.5. The average molecular weight is 610 g/mol. The van der Waals surface area contributed by atoms with Gasteiger partial charge in [0.15, 0.2) is 5.78 Å². The number of aliphatic hydroxyl groups excluding tert-OH is 2. The highest BCUT2D eigenvalue weighted by atomic mass is 79.9. The number of rotatable bonds is 7. The average Bonchev–Trinajstić information content (AvgIpc) is 3.18. The number of aliphatic hydroxyl groups is 2. The quantitative estimate of drug-likeness (QED) is 0.350. The van der Waals surface area contributed by atoms with Crippen LogP contribution in [0.5, 0.6) is 0 Å². The number of benzene rings is 2. The van der Waals surface area contributed by atoms with Crippen LogP contribution in [0.3, 0.4) is 0 Å². The molecule has 0 amide bonds. The second-order valence-corrected chi connectivity index (χ2v) is 9.62. The largest absolute Gasteiger partial charge is 0.394 e. The minimum Gasteiger partial charge on any atom is -0.394 e. The first kappa shape index (κ1) is 27.2. The summed E-state index contributed by atoms with van der Waals surface area (Å²) in [4.78, 5) is 57.1. The van der Waals surface area contributed by atoms with Gasteiger partial charge >= 0.3 is 5.69 Å². The molecule has 4 rings (SSSR count). The van der Waals surface area contributed by atoms with Crippen molar-refractivity contribution in [2.45, 2.75) is 17.9 Å². The van der Waals surface area contributed by atoms with E-state index in [-0.39, 0.29) is 16.7 Å². The molecule has 4 atom stereocenters. The van der Waals surface area contributed by atoms with Crippen LogP contribution in [0, 0.1) is 5.92 Å². The number of nitrogens with zero attached hydrogens (tertiary/aromatic N) is 1. The van der Waals surface area contributed by atoms with E-state index in [9.17, 15) is 29.4 Å². The molecule has 3 aromatic rings. The van der Waals surface area contributed by atoms with Gasteiger partial charge in [0.2, 0.25) is 11.5 Å². The van der Waals surface area contributed by atoms with E-state index < -0.39 is 53.3 Å². The molecule has 192 valence electrons. The first-order valence-electron chi connectivity index (χ1n) is 10.8. The molecular weight excluding hydrogens is 591 g/mol. The zero-order chi connectivity index (χ0) is 26.9. The van der Waals surface area contributed by atoms with Crippen LogP contribution >= 0.6 is 39.1 Å². The summed E-state index contributed by atoms with van der Waals surface area (Å²) in [5, 5.41) is 21.8. The fourth-order valence-corrected chi connectivity index (χ4v) is 4.87. The van der Waals surface area contributed by atoms with Crippen LogP contribution in [-0.2, 0) is 10.5 Å². The number of nitrogens with one attached hydrogen (secondary N) is 1. The molecule has 2 heterocycles. The van der Waals surface area contributed by atoms with Gasteiger partial charge in [-0.1, -0.05) is 39.1 Å². The van der Waals surface area contributed by atoms with Crippen molar-refractivity contribution in [1.82, 2.24) is 9.55 Å². The van der Waals surface area contributed by atoms with Gasteiger partial charge in [0.1, 0.15) is 12.0 Å². The van der Waals surface area contributed by atoms with Crippen LogP contribution in [0.25, 0.3) is 6.08 Å². The molecule has 1 fully saturated rings. The van der Waals surface area contributed by atoms with Gasteiger partial charge in [-0.15, -0.1) is 0 Å². The number of halogens is 3. The second-order valence-electron chi connectivity index (χ2n) is 8.22. The van der Waals surface area contributed by atoms with E-state index in [1.165, 1.54) is 59.6 Å². The van der Waals surface area contributed by atoms with Crippen molar-refractivity contribution in [3.63, 3.8) is 0 Å². The summed E-state index contributed by atoms with van der Waals surface area (Å²) in [6.45, 7) is -0.770. The fraction of sp³-hybridized carbons (Fsp3) is 0.200. The molecule has 1 aliphatic heterocycles. The summed E-state index contributed by atoms with van der Waals surface area (Å²) in [5.74, 6) is -3.34. The van der Waals surface area contributed by atoms with Crippen molar-refractivity contribution >= 4 is 56.8 Å². The van der Waals surface area contributed by atoms with Crippen LogP contribution in [0.15, 0.2) is 69.3 Å². The first-order chi connectivity index (χ1) is 17.6. The van der Waals surface area contributed by atoms with Crippen LogP contribution in [0.1, 0.15) is 26.3 Å². The van der Waals surface area contributed by atoms with Crippen molar-refractivity contribution in [2.75, 3.05) is 6.61 Å². The number of carbonyl (C=O) groups is 2. The normalized spacial score (nSPS) is 23.4. The van der Waals surface area contributed by atoms with Gasteiger partial charge < -0.3 is 14.9 Å². The minimum absolute atomic E-state index is 0.000204. The van der Waals surface area contributed by atoms with Crippen LogP contribution in [0.4, 0.5) is 0 Å².